The van der Waals surface area contributed by atoms with Crippen LogP contribution in [0, 0.1) is 0 Å². The summed E-state index contributed by atoms with van der Waals surface area (Å²) < 4.78 is 1.37. The molecule has 2 heterocycles. The fourth-order valence-electron chi connectivity index (χ4n) is 8.35. The first kappa shape index (κ1) is 27.4. The van der Waals surface area contributed by atoms with Crippen LogP contribution in [0.4, 0.5) is 0 Å². The van der Waals surface area contributed by atoms with Gasteiger partial charge in [0.2, 0.25) is 0 Å². The molecular formula is C34H30Cl2Si2Zr. The summed E-state index contributed by atoms with van der Waals surface area (Å²) in [5.74, 6) is 0. The molecule has 5 heteroatoms. The van der Waals surface area contributed by atoms with Gasteiger partial charge in [-0.15, -0.1) is 0 Å². The second-order valence-corrected chi connectivity index (χ2v) is 41.9. The Morgan fingerprint density at radius 3 is 1.21 bits per heavy atom. The zero-order chi connectivity index (χ0) is 24.7. The molecule has 2 atom stereocenters. The molecule has 192 valence electrons. The van der Waals surface area contributed by atoms with Crippen molar-refractivity contribution in [2.45, 2.75) is 33.9 Å². The quantitative estimate of drug-likeness (QED) is 0.229. The van der Waals surface area contributed by atoms with E-state index in [0.29, 0.717) is 7.25 Å². The first-order valence-corrected chi connectivity index (χ1v) is 27.0. The predicted octanol–water partition coefficient (Wildman–Crippen LogP) is -0.516. The zero-order valence-electron chi connectivity index (χ0n) is 22.2. The van der Waals surface area contributed by atoms with Crippen LogP contribution in [0.2, 0.25) is 0 Å². The molecule has 0 nitrogen and oxygen atoms in total. The van der Waals surface area contributed by atoms with E-state index in [9.17, 15) is 0 Å². The smallest absolute Gasteiger partial charge is 1.00 e. The van der Waals surface area contributed by atoms with E-state index in [1.165, 1.54) is 24.0 Å². The van der Waals surface area contributed by atoms with Crippen molar-refractivity contribution in [3.8, 4) is 0 Å². The third-order valence-corrected chi connectivity index (χ3v) is 59.3. The summed E-state index contributed by atoms with van der Waals surface area (Å²) >= 11 is -3.24. The maximum Gasteiger partial charge on any atom is -1.00 e. The summed E-state index contributed by atoms with van der Waals surface area (Å²) in [5, 5.41) is 7.21. The van der Waals surface area contributed by atoms with Gasteiger partial charge in [0.05, 0.1) is 0 Å². The van der Waals surface area contributed by atoms with Crippen LogP contribution < -0.4 is 45.6 Å². The zero-order valence-corrected chi connectivity index (χ0v) is 28.2. The van der Waals surface area contributed by atoms with E-state index < -0.39 is 28.4 Å². The Morgan fingerprint density at radius 1 is 0.513 bits per heavy atom. The SMILES string of the molecule is CCC1=Cc2ccccc2[CH]1[Zr+2]1([CH]2C(CC)=Cc3ccccc32)=[Si]2c3ccccc3[Si]=1c1ccccc12.[Cl-].[Cl-]. The number of hydrogen-bond donors (Lipinski definition) is 0. The van der Waals surface area contributed by atoms with Crippen LogP contribution in [0.5, 0.6) is 0 Å². The standard InChI is InChI=1S/C12H8Si2.2C11H11.2ClH.Zr/c1-2-6-10-9(5-1)13-11-7-3-4-8-12(11)14-10;2*1-2-9-7-10-5-3-4-6-11(10)8-9;;;/h1-8H;2*3-8H,2H2,1H3;2*1H;/q;;;;;+2/p-2. The Bertz CT molecular complexity index is 1670. The second-order valence-electron chi connectivity index (χ2n) is 11.0. The minimum atomic E-state index is -3.24. The second kappa shape index (κ2) is 10.3. The number of halogens is 2. The molecule has 0 fully saturated rings. The monoisotopic (exact) mass is 654 g/mol. The van der Waals surface area contributed by atoms with Crippen molar-refractivity contribution in [3.05, 3.63) is 130 Å². The molecule has 0 saturated carbocycles. The normalized spacial score (nSPS) is 18.6. The molecule has 0 N–H and O–H groups in total. The number of rotatable bonds is 4. The van der Waals surface area contributed by atoms with E-state index >= 15 is 0 Å². The molecule has 0 saturated heterocycles. The van der Waals surface area contributed by atoms with Crippen molar-refractivity contribution in [3.63, 3.8) is 0 Å². The van der Waals surface area contributed by atoms with Crippen molar-refractivity contribution < 1.29 is 42.3 Å². The van der Waals surface area contributed by atoms with Gasteiger partial charge in [-0.05, 0) is 0 Å². The number of benzene rings is 4. The molecule has 0 amide bonds. The number of fused-ring (bicyclic) bond motifs is 8. The molecular weight excluding hydrogens is 627 g/mol. The number of hydrogen-bond acceptors (Lipinski definition) is 0. The molecule has 0 radical (unpaired) electrons. The van der Waals surface area contributed by atoms with Gasteiger partial charge in [0.25, 0.3) is 0 Å². The molecule has 4 aromatic rings. The van der Waals surface area contributed by atoms with E-state index in [0.717, 1.165) is 0 Å². The Hall–Kier alpha value is -1.74. The first-order chi connectivity index (χ1) is 18.3. The minimum absolute atomic E-state index is 0. The molecule has 39 heavy (non-hydrogen) atoms. The van der Waals surface area contributed by atoms with Crippen molar-refractivity contribution in [2.75, 3.05) is 0 Å². The van der Waals surface area contributed by atoms with Gasteiger partial charge in [-0.1, -0.05) is 0 Å². The topological polar surface area (TPSA) is 0 Å². The van der Waals surface area contributed by atoms with E-state index in [1.54, 1.807) is 43.0 Å². The molecule has 2 aliphatic heterocycles. The van der Waals surface area contributed by atoms with Crippen LogP contribution in [0.3, 0.4) is 0 Å². The number of allylic oxidation sites excluding steroid dienone is 2. The van der Waals surface area contributed by atoms with Crippen molar-refractivity contribution in [2.24, 2.45) is 0 Å². The summed E-state index contributed by atoms with van der Waals surface area (Å²) in [6.07, 6.45) is 7.59. The molecule has 4 aliphatic rings. The summed E-state index contributed by atoms with van der Waals surface area (Å²) in [6.45, 7) is 4.85. The molecule has 2 bridgehead atoms. The molecule has 0 spiro atoms. The third kappa shape index (κ3) is 3.50. The van der Waals surface area contributed by atoms with Crippen LogP contribution in [-0.2, 0) is 17.5 Å². The Labute approximate surface area is 248 Å². The summed E-state index contributed by atoms with van der Waals surface area (Å²) in [4.78, 5) is 0. The van der Waals surface area contributed by atoms with Gasteiger partial charge < -0.3 is 24.8 Å². The van der Waals surface area contributed by atoms with Crippen LogP contribution >= 0.6 is 0 Å². The summed E-state index contributed by atoms with van der Waals surface area (Å²) in [6, 6.07) is 38.6. The van der Waals surface area contributed by atoms with Gasteiger partial charge in [0, 0.05) is 0 Å². The maximum atomic E-state index is 2.62. The molecule has 8 rings (SSSR count). The Kier molecular flexibility index (Phi) is 7.22. The van der Waals surface area contributed by atoms with Gasteiger partial charge in [-0.25, -0.2) is 0 Å². The predicted molar refractivity (Wildman–Crippen MR) is 158 cm³/mol. The Balaban J connectivity index is 0.00000138. The third-order valence-electron chi connectivity index (χ3n) is 9.52. The first-order valence-electron chi connectivity index (χ1n) is 13.8. The fraction of sp³-hybridized carbons (Fsp3) is 0.176. The van der Waals surface area contributed by atoms with Crippen LogP contribution in [0.1, 0.15) is 56.2 Å². The molecule has 2 aliphatic carbocycles. The summed E-state index contributed by atoms with van der Waals surface area (Å²) in [5.41, 5.74) is 8.19. The Morgan fingerprint density at radius 2 is 0.846 bits per heavy atom. The van der Waals surface area contributed by atoms with Gasteiger partial charge in [0.1, 0.15) is 0 Å². The van der Waals surface area contributed by atoms with Gasteiger partial charge in [0.15, 0.2) is 0 Å². The van der Waals surface area contributed by atoms with Crippen LogP contribution in [0.25, 0.3) is 12.2 Å². The van der Waals surface area contributed by atoms with E-state index in [-0.39, 0.29) is 24.8 Å². The molecule has 0 aromatic heterocycles. The van der Waals surface area contributed by atoms with Gasteiger partial charge >= 0.3 is 226 Å². The van der Waals surface area contributed by atoms with E-state index in [4.69, 9.17) is 0 Å². The van der Waals surface area contributed by atoms with Gasteiger partial charge in [-0.2, -0.15) is 0 Å². The van der Waals surface area contributed by atoms with Crippen molar-refractivity contribution >= 4 is 43.8 Å². The average molecular weight is 657 g/mol. The van der Waals surface area contributed by atoms with Crippen LogP contribution in [-0.4, -0.2) is 10.9 Å². The summed E-state index contributed by atoms with van der Waals surface area (Å²) in [7, 11) is 0. The van der Waals surface area contributed by atoms with E-state index in [2.05, 4.69) is 123 Å². The van der Waals surface area contributed by atoms with Crippen LogP contribution in [0.15, 0.2) is 108 Å². The minimum Gasteiger partial charge on any atom is -1.00 e. The van der Waals surface area contributed by atoms with E-state index in [1.807, 2.05) is 0 Å². The fourth-order valence-corrected chi connectivity index (χ4v) is 80.6. The molecule has 2 unspecified atom stereocenters. The molecule has 4 aromatic carbocycles. The van der Waals surface area contributed by atoms with Crippen molar-refractivity contribution in [1.82, 2.24) is 0 Å². The average Bonchev–Trinajstić information content (AvgIpc) is 3.67. The van der Waals surface area contributed by atoms with Gasteiger partial charge in [-0.3, -0.25) is 0 Å². The largest absolute Gasteiger partial charge is 1.00 e. The maximum absolute atomic E-state index is 3.24. The van der Waals surface area contributed by atoms with Crippen molar-refractivity contribution in [1.29, 1.82) is 0 Å².